The topological polar surface area (TPSA) is 95.9 Å². The molecular weight excluding hydrogens is 548 g/mol. The first-order chi connectivity index (χ1) is 19.2. The molecule has 0 radical (unpaired) electrons. The molecule has 7 nitrogen and oxygen atoms in total. The fourth-order valence-electron chi connectivity index (χ4n) is 8.20. The number of rotatable bonds is 0. The number of carbonyl (C=O) groups is 1. The molecule has 2 N–H and O–H groups in total. The van der Waals surface area contributed by atoms with Gasteiger partial charge >= 0.3 is 0 Å². The third-order valence-electron chi connectivity index (χ3n) is 10.5. The van der Waals surface area contributed by atoms with Gasteiger partial charge in [0.15, 0.2) is 0 Å². The molecule has 2 aromatic rings. The average molecular weight is 585 g/mol. The largest absolute Gasteiger partial charge is 0.490 e. The maximum atomic E-state index is 13.3. The van der Waals surface area contributed by atoms with Crippen molar-refractivity contribution in [2.45, 2.75) is 74.6 Å². The predicted molar refractivity (Wildman–Crippen MR) is 155 cm³/mol. The Hall–Kier alpha value is -2.29. The van der Waals surface area contributed by atoms with Crippen molar-refractivity contribution in [2.75, 3.05) is 24.6 Å². The van der Waals surface area contributed by atoms with Gasteiger partial charge in [0.05, 0.1) is 23.6 Å². The van der Waals surface area contributed by atoms with E-state index in [2.05, 4.69) is 21.8 Å². The van der Waals surface area contributed by atoms with E-state index in [1.165, 1.54) is 11.1 Å². The van der Waals surface area contributed by atoms with Crippen molar-refractivity contribution in [3.05, 3.63) is 58.1 Å². The average Bonchev–Trinajstić information content (AvgIpc) is 3.07. The Balaban J connectivity index is 1.32. The Labute approximate surface area is 241 Å². The first-order valence-electron chi connectivity index (χ1n) is 14.8. The van der Waals surface area contributed by atoms with E-state index < -0.39 is 27.3 Å². The molecule has 40 heavy (non-hydrogen) atoms. The van der Waals surface area contributed by atoms with Gasteiger partial charge in [-0.2, -0.15) is 0 Å². The maximum Gasteiger partial charge on any atom is 0.264 e. The van der Waals surface area contributed by atoms with Crippen molar-refractivity contribution in [1.82, 2.24) is 4.72 Å². The van der Waals surface area contributed by atoms with Crippen LogP contribution in [0.4, 0.5) is 5.69 Å². The summed E-state index contributed by atoms with van der Waals surface area (Å²) in [5.74, 6) is 0.471. The highest BCUT2D eigenvalue weighted by Gasteiger charge is 2.46. The van der Waals surface area contributed by atoms with E-state index in [1.54, 1.807) is 12.1 Å². The number of fused-ring (bicyclic) bond motifs is 6. The van der Waals surface area contributed by atoms with Crippen molar-refractivity contribution in [3.8, 4) is 5.75 Å². The zero-order valence-corrected chi connectivity index (χ0v) is 24.2. The summed E-state index contributed by atoms with van der Waals surface area (Å²) in [6.45, 7) is 2.01. The van der Waals surface area contributed by atoms with E-state index >= 15 is 0 Å². The van der Waals surface area contributed by atoms with Crippen LogP contribution in [-0.4, -0.2) is 50.5 Å². The van der Waals surface area contributed by atoms with Gasteiger partial charge in [-0.1, -0.05) is 24.1 Å². The van der Waals surface area contributed by atoms with E-state index in [4.69, 9.17) is 16.3 Å². The van der Waals surface area contributed by atoms with Gasteiger partial charge in [-0.05, 0) is 111 Å². The monoisotopic (exact) mass is 584 g/mol. The lowest BCUT2D eigenvalue weighted by Gasteiger charge is -2.47. The molecule has 2 aliphatic heterocycles. The summed E-state index contributed by atoms with van der Waals surface area (Å²) < 4.78 is 35.5. The van der Waals surface area contributed by atoms with Crippen molar-refractivity contribution in [2.24, 2.45) is 17.8 Å². The number of halogens is 1. The fourth-order valence-corrected chi connectivity index (χ4v) is 9.92. The number of amides is 1. The van der Waals surface area contributed by atoms with Crippen molar-refractivity contribution >= 4 is 33.2 Å². The molecular formula is C31H37ClN2O5S. The molecule has 4 bridgehead atoms. The highest BCUT2D eigenvalue weighted by molar-refractivity contribution is 7.90. The normalized spacial score (nSPS) is 34.7. The SMILES string of the molecule is O=C1NS(=O)(=O)[C@H]2CCC[C@H](C2)[C@@H](O)[C@@H]2CC[C@H]2CN2C[C@@]3(CCCc4cc(Cl)ccc43)COc3ccc1cc32. The number of hydrogen-bond donors (Lipinski definition) is 2. The van der Waals surface area contributed by atoms with Gasteiger partial charge in [-0.15, -0.1) is 0 Å². The first kappa shape index (κ1) is 26.6. The highest BCUT2D eigenvalue weighted by Crippen LogP contribution is 2.48. The molecule has 0 aromatic heterocycles. The predicted octanol–water partition coefficient (Wildman–Crippen LogP) is 4.83. The Morgan fingerprint density at radius 1 is 1.05 bits per heavy atom. The molecule has 1 amide bonds. The minimum absolute atomic E-state index is 0.0664. The molecule has 0 unspecified atom stereocenters. The number of anilines is 1. The lowest BCUT2D eigenvalue weighted by Crippen LogP contribution is -2.51. The number of aryl methyl sites for hydroxylation is 1. The summed E-state index contributed by atoms with van der Waals surface area (Å²) in [7, 11) is -3.87. The number of sulfonamides is 1. The standard InChI is InChI=1S/C31H37ClN2O5S/c32-23-8-10-26-19(13-23)4-2-12-31(26)17-34-16-22-6-9-25(22)29(35)20-3-1-5-24(14-20)40(37,38)33-30(36)21-7-11-28(39-18-31)27(34)15-21/h7-8,10-11,13,15,20,22,24-25,29,35H,1-6,9,12,14,16-18H2,(H,33,36)/t20-,22+,24+,25-,29-,31+/m1/s1. The molecule has 214 valence electrons. The number of aliphatic hydroxyl groups excluding tert-OH is 1. The van der Waals surface area contributed by atoms with Gasteiger partial charge in [0.25, 0.3) is 5.91 Å². The lowest BCUT2D eigenvalue weighted by molar-refractivity contribution is -0.0314. The molecule has 7 rings (SSSR count). The number of nitrogens with zero attached hydrogens (tertiary/aromatic N) is 1. The number of nitrogens with one attached hydrogen (secondary N) is 1. The Morgan fingerprint density at radius 3 is 2.75 bits per heavy atom. The second-order valence-corrected chi connectivity index (χ2v) is 15.2. The van der Waals surface area contributed by atoms with E-state index in [9.17, 15) is 18.3 Å². The van der Waals surface area contributed by atoms with Crippen LogP contribution in [0.25, 0.3) is 0 Å². The molecule has 9 heteroatoms. The number of benzene rings is 2. The number of carbonyl (C=O) groups excluding carboxylic acids is 1. The van der Waals surface area contributed by atoms with Crippen LogP contribution in [0.2, 0.25) is 5.02 Å². The van der Waals surface area contributed by atoms with Crippen LogP contribution >= 0.6 is 11.6 Å². The summed E-state index contributed by atoms with van der Waals surface area (Å²) in [5, 5.41) is 11.6. The fraction of sp³-hybridized carbons (Fsp3) is 0.581. The van der Waals surface area contributed by atoms with Crippen LogP contribution in [0.15, 0.2) is 36.4 Å². The minimum Gasteiger partial charge on any atom is -0.490 e. The van der Waals surface area contributed by atoms with Crippen molar-refractivity contribution in [3.63, 3.8) is 0 Å². The third kappa shape index (κ3) is 4.51. The van der Waals surface area contributed by atoms with Crippen LogP contribution in [0.3, 0.4) is 0 Å². The number of ether oxygens (including phenoxy) is 1. The van der Waals surface area contributed by atoms with Gasteiger partial charge in [0, 0.05) is 29.1 Å². The van der Waals surface area contributed by atoms with Crippen molar-refractivity contribution < 1.29 is 23.1 Å². The van der Waals surface area contributed by atoms with Gasteiger partial charge in [0.1, 0.15) is 5.75 Å². The van der Waals surface area contributed by atoms with Crippen molar-refractivity contribution in [1.29, 1.82) is 0 Å². The highest BCUT2D eigenvalue weighted by atomic mass is 35.5. The second kappa shape index (κ2) is 9.92. The first-order valence-corrected chi connectivity index (χ1v) is 16.7. The molecule has 5 aliphatic rings. The van der Waals surface area contributed by atoms with Gasteiger partial charge in [0.2, 0.25) is 10.0 Å². The Morgan fingerprint density at radius 2 is 1.93 bits per heavy atom. The van der Waals surface area contributed by atoms with Gasteiger partial charge in [-0.25, -0.2) is 13.1 Å². The lowest BCUT2D eigenvalue weighted by atomic mass is 9.65. The van der Waals surface area contributed by atoms with Crippen LogP contribution in [0.1, 0.15) is 72.9 Å². The van der Waals surface area contributed by atoms with Gasteiger partial charge in [-0.3, -0.25) is 4.79 Å². The zero-order valence-electron chi connectivity index (χ0n) is 22.6. The summed E-state index contributed by atoms with van der Waals surface area (Å²) in [6.07, 6.45) is 6.96. The molecule has 0 saturated heterocycles. The van der Waals surface area contributed by atoms with E-state index in [-0.39, 0.29) is 17.3 Å². The molecule has 6 atom stereocenters. The van der Waals surface area contributed by atoms with E-state index in [1.807, 2.05) is 12.1 Å². The summed E-state index contributed by atoms with van der Waals surface area (Å²) >= 11 is 6.38. The zero-order chi connectivity index (χ0) is 27.6. The smallest absolute Gasteiger partial charge is 0.264 e. The molecule has 2 fully saturated rings. The number of aliphatic hydroxyl groups is 1. The molecule has 3 aliphatic carbocycles. The quantitative estimate of drug-likeness (QED) is 0.460. The Kier molecular flexibility index (Phi) is 6.59. The van der Waals surface area contributed by atoms with Crippen LogP contribution < -0.4 is 14.4 Å². The van der Waals surface area contributed by atoms with Gasteiger partial charge < -0.3 is 14.7 Å². The molecule has 2 aromatic carbocycles. The minimum atomic E-state index is -3.87. The van der Waals surface area contributed by atoms with E-state index in [0.717, 1.165) is 68.7 Å². The summed E-state index contributed by atoms with van der Waals surface area (Å²) in [4.78, 5) is 15.7. The van der Waals surface area contributed by atoms with Crippen LogP contribution in [0.5, 0.6) is 5.75 Å². The Bertz CT molecular complexity index is 1450. The second-order valence-electron chi connectivity index (χ2n) is 12.8. The molecule has 1 spiro atoms. The molecule has 2 saturated carbocycles. The summed E-state index contributed by atoms with van der Waals surface area (Å²) in [5.41, 5.74) is 3.45. The number of hydrogen-bond acceptors (Lipinski definition) is 6. The van der Waals surface area contributed by atoms with Crippen LogP contribution in [0, 0.1) is 17.8 Å². The third-order valence-corrected chi connectivity index (χ3v) is 12.5. The van der Waals surface area contributed by atoms with Crippen LogP contribution in [-0.2, 0) is 21.9 Å². The van der Waals surface area contributed by atoms with E-state index in [0.29, 0.717) is 36.7 Å². The molecule has 2 heterocycles. The summed E-state index contributed by atoms with van der Waals surface area (Å²) in [6, 6.07) is 11.5. The maximum absolute atomic E-state index is 13.3.